The largest absolute Gasteiger partial charge is 0.481 e. The van der Waals surface area contributed by atoms with Gasteiger partial charge in [0, 0.05) is 49.1 Å². The third-order valence-corrected chi connectivity index (χ3v) is 6.05. The smallest absolute Gasteiger partial charge is 0.253 e. The normalized spacial score (nSPS) is 14.2. The summed E-state index contributed by atoms with van der Waals surface area (Å²) in [6, 6.07) is 17.3. The van der Waals surface area contributed by atoms with Crippen LogP contribution in [0.3, 0.4) is 0 Å². The molecule has 34 heavy (non-hydrogen) atoms. The number of carbonyl (C=O) groups excluding carboxylic acids is 1. The number of pyridine rings is 1. The highest BCUT2D eigenvalue weighted by Crippen LogP contribution is 2.30. The number of nitrogens with one attached hydrogen (secondary N) is 1. The van der Waals surface area contributed by atoms with Gasteiger partial charge in [-0.05, 0) is 42.9 Å². The molecule has 1 saturated heterocycles. The zero-order valence-electron chi connectivity index (χ0n) is 19.0. The summed E-state index contributed by atoms with van der Waals surface area (Å²) in [7, 11) is 2.08. The van der Waals surface area contributed by atoms with E-state index in [-0.39, 0.29) is 12.5 Å². The van der Waals surface area contributed by atoms with Gasteiger partial charge >= 0.3 is 0 Å². The number of likely N-dealkylation sites (N-methyl/N-ethyl adjacent to an activating group) is 1. The van der Waals surface area contributed by atoms with Crippen molar-refractivity contribution in [3.63, 3.8) is 0 Å². The molecule has 4 aromatic rings. The first-order valence-corrected chi connectivity index (χ1v) is 11.2. The Labute approximate surface area is 198 Å². The van der Waals surface area contributed by atoms with Crippen molar-refractivity contribution in [1.29, 1.82) is 0 Å². The second-order valence-electron chi connectivity index (χ2n) is 8.33. The molecule has 0 saturated carbocycles. The Kier molecular flexibility index (Phi) is 5.98. The third kappa shape index (κ3) is 4.36. The molecule has 170 valence electrons. The highest BCUT2D eigenvalue weighted by molar-refractivity contribution is 5.95. The molecule has 0 aliphatic carbocycles. The summed E-state index contributed by atoms with van der Waals surface area (Å²) in [6.07, 6.45) is 7.06. The van der Waals surface area contributed by atoms with Gasteiger partial charge in [-0.2, -0.15) is 0 Å². The minimum absolute atomic E-state index is 0.0696. The van der Waals surface area contributed by atoms with Crippen LogP contribution in [0.1, 0.15) is 10.4 Å². The highest BCUT2D eigenvalue weighted by Gasteiger charge is 2.20. The van der Waals surface area contributed by atoms with E-state index >= 15 is 0 Å². The van der Waals surface area contributed by atoms with Crippen LogP contribution in [0, 0.1) is 12.3 Å². The van der Waals surface area contributed by atoms with Crippen LogP contribution < -0.4 is 4.74 Å². The van der Waals surface area contributed by atoms with Crippen molar-refractivity contribution in [1.82, 2.24) is 24.8 Å². The molecule has 1 aliphatic heterocycles. The number of piperazine rings is 1. The molecule has 2 aromatic carbocycles. The lowest BCUT2D eigenvalue weighted by molar-refractivity contribution is 0.0664. The average Bonchev–Trinajstić information content (AvgIpc) is 3.32. The first kappa shape index (κ1) is 21.7. The van der Waals surface area contributed by atoms with Crippen LogP contribution in [0.5, 0.6) is 5.75 Å². The topological polar surface area (TPSA) is 74.3 Å². The van der Waals surface area contributed by atoms with Crippen LogP contribution in [0.25, 0.3) is 33.7 Å². The maximum Gasteiger partial charge on any atom is 0.253 e. The maximum atomic E-state index is 12.8. The fourth-order valence-electron chi connectivity index (χ4n) is 4.12. The van der Waals surface area contributed by atoms with Crippen LogP contribution in [-0.4, -0.2) is 70.5 Å². The molecule has 1 amide bonds. The van der Waals surface area contributed by atoms with Crippen LogP contribution in [-0.2, 0) is 0 Å². The Morgan fingerprint density at radius 1 is 1.09 bits per heavy atom. The van der Waals surface area contributed by atoms with Crippen molar-refractivity contribution in [2.45, 2.75) is 0 Å². The van der Waals surface area contributed by atoms with E-state index in [1.165, 1.54) is 0 Å². The SMILES string of the molecule is C#CCOc1cccc(-c2ccnc3[nH]c(-c4ccc(C(=O)N5CCN(C)CC5)cc4)nc23)c1. The number of benzene rings is 2. The van der Waals surface area contributed by atoms with Crippen molar-refractivity contribution in [3.05, 3.63) is 66.4 Å². The Morgan fingerprint density at radius 3 is 2.65 bits per heavy atom. The van der Waals surface area contributed by atoms with Gasteiger partial charge < -0.3 is 19.5 Å². The number of terminal acetylenes is 1. The molecular weight excluding hydrogens is 426 g/mol. The molecule has 3 heterocycles. The molecule has 0 atom stereocenters. The summed E-state index contributed by atoms with van der Waals surface area (Å²) in [6.45, 7) is 3.53. The predicted molar refractivity (Wildman–Crippen MR) is 132 cm³/mol. The standard InChI is InChI=1S/C27H25N5O2/c1-3-17-34-22-6-4-5-21(18-22)23-11-12-28-26-24(23)29-25(30-26)19-7-9-20(10-8-19)27(33)32-15-13-31(2)14-16-32/h1,4-12,18H,13-17H2,2H3,(H,28,29,30). The second-order valence-corrected chi connectivity index (χ2v) is 8.33. The van der Waals surface area contributed by atoms with Gasteiger partial charge in [0.2, 0.25) is 0 Å². The second kappa shape index (κ2) is 9.38. The van der Waals surface area contributed by atoms with Crippen molar-refractivity contribution < 1.29 is 9.53 Å². The number of aromatic amines is 1. The molecule has 0 unspecified atom stereocenters. The van der Waals surface area contributed by atoms with Gasteiger partial charge in [0.05, 0.1) is 0 Å². The van der Waals surface area contributed by atoms with Gasteiger partial charge in [-0.25, -0.2) is 9.97 Å². The van der Waals surface area contributed by atoms with Gasteiger partial charge in [-0.3, -0.25) is 4.79 Å². The summed E-state index contributed by atoms with van der Waals surface area (Å²) < 4.78 is 5.57. The van der Waals surface area contributed by atoms with Crippen molar-refractivity contribution >= 4 is 17.1 Å². The lowest BCUT2D eigenvalue weighted by Gasteiger charge is -2.32. The summed E-state index contributed by atoms with van der Waals surface area (Å²) in [5.74, 6) is 3.96. The van der Waals surface area contributed by atoms with Gasteiger partial charge in [0.15, 0.2) is 5.65 Å². The molecule has 2 aromatic heterocycles. The minimum Gasteiger partial charge on any atom is -0.481 e. The number of aromatic nitrogens is 3. The molecule has 1 aliphatic rings. The number of H-pyrrole nitrogens is 1. The average molecular weight is 452 g/mol. The number of rotatable bonds is 5. The zero-order valence-corrected chi connectivity index (χ0v) is 19.0. The van der Waals surface area contributed by atoms with Gasteiger partial charge in [0.1, 0.15) is 23.7 Å². The fourth-order valence-corrected chi connectivity index (χ4v) is 4.12. The van der Waals surface area contributed by atoms with E-state index in [2.05, 4.69) is 27.8 Å². The van der Waals surface area contributed by atoms with Crippen molar-refractivity contribution in [3.8, 4) is 40.6 Å². The Bertz CT molecular complexity index is 1360. The van der Waals surface area contributed by atoms with Gasteiger partial charge in [-0.15, -0.1) is 6.42 Å². The van der Waals surface area contributed by atoms with E-state index in [4.69, 9.17) is 16.1 Å². The monoisotopic (exact) mass is 451 g/mol. The van der Waals surface area contributed by atoms with Crippen LogP contribution >= 0.6 is 0 Å². The number of amides is 1. The minimum atomic E-state index is 0.0696. The molecule has 0 spiro atoms. The van der Waals surface area contributed by atoms with Crippen molar-refractivity contribution in [2.75, 3.05) is 39.8 Å². The van der Waals surface area contributed by atoms with E-state index in [9.17, 15) is 4.79 Å². The lowest BCUT2D eigenvalue weighted by atomic mass is 10.1. The summed E-state index contributed by atoms with van der Waals surface area (Å²) in [5, 5.41) is 0. The Morgan fingerprint density at radius 2 is 1.88 bits per heavy atom. The predicted octanol–water partition coefficient (Wildman–Crippen LogP) is 3.69. The maximum absolute atomic E-state index is 12.8. The first-order chi connectivity index (χ1) is 16.6. The van der Waals surface area contributed by atoms with Gasteiger partial charge in [0.25, 0.3) is 5.91 Å². The Hall–Kier alpha value is -4.15. The zero-order chi connectivity index (χ0) is 23.5. The van der Waals surface area contributed by atoms with Gasteiger partial charge in [-0.1, -0.05) is 30.2 Å². The molecule has 0 radical (unpaired) electrons. The molecule has 1 N–H and O–H groups in total. The van der Waals surface area contributed by atoms with Crippen LogP contribution in [0.15, 0.2) is 60.8 Å². The summed E-state index contributed by atoms with van der Waals surface area (Å²) in [4.78, 5) is 29.6. The molecule has 5 rings (SSSR count). The first-order valence-electron chi connectivity index (χ1n) is 11.2. The lowest BCUT2D eigenvalue weighted by Crippen LogP contribution is -2.47. The van der Waals surface area contributed by atoms with E-state index in [0.717, 1.165) is 48.4 Å². The van der Waals surface area contributed by atoms with Crippen molar-refractivity contribution in [2.24, 2.45) is 0 Å². The van der Waals surface area contributed by atoms with Crippen LogP contribution in [0.4, 0.5) is 0 Å². The fraction of sp³-hybridized carbons (Fsp3) is 0.222. The summed E-state index contributed by atoms with van der Waals surface area (Å²) in [5.41, 5.74) is 4.95. The number of carbonyl (C=O) groups is 1. The van der Waals surface area contributed by atoms with E-state index in [1.807, 2.05) is 59.5 Å². The molecule has 1 fully saturated rings. The molecule has 0 bridgehead atoms. The third-order valence-electron chi connectivity index (χ3n) is 6.05. The Balaban J connectivity index is 1.41. The number of hydrogen-bond donors (Lipinski definition) is 1. The number of imidazole rings is 1. The van der Waals surface area contributed by atoms with E-state index in [1.54, 1.807) is 6.20 Å². The van der Waals surface area contributed by atoms with E-state index in [0.29, 0.717) is 22.8 Å². The summed E-state index contributed by atoms with van der Waals surface area (Å²) >= 11 is 0. The van der Waals surface area contributed by atoms with E-state index < -0.39 is 0 Å². The number of fused-ring (bicyclic) bond motifs is 1. The molecule has 7 nitrogen and oxygen atoms in total. The van der Waals surface area contributed by atoms with Crippen LogP contribution in [0.2, 0.25) is 0 Å². The molecule has 7 heteroatoms. The quantitative estimate of drug-likeness (QED) is 0.469. The highest BCUT2D eigenvalue weighted by atomic mass is 16.5. The number of ether oxygens (including phenoxy) is 1. The molecular formula is C27H25N5O2. The number of nitrogens with zero attached hydrogens (tertiary/aromatic N) is 4. The number of hydrogen-bond acceptors (Lipinski definition) is 5.